The number of amides is 2. The van der Waals surface area contributed by atoms with Crippen LogP contribution in [-0.2, 0) is 4.79 Å². The number of carboxylic acid groups (broad SMARTS) is 1. The minimum Gasteiger partial charge on any atom is -0.481 e. The first-order chi connectivity index (χ1) is 8.02. The fourth-order valence-corrected chi connectivity index (χ4v) is 1.96. The third kappa shape index (κ3) is 1.89. The number of hydrogen-bond donors (Lipinski definition) is 1. The molecule has 0 aliphatic carbocycles. The maximum absolute atomic E-state index is 11.9. The average molecular weight is 254 g/mol. The number of fused-ring (bicyclic) bond motifs is 1. The number of carbonyl (C=O) groups is 3. The third-order valence-corrected chi connectivity index (χ3v) is 2.81. The molecule has 0 radical (unpaired) electrons. The fourth-order valence-electron chi connectivity index (χ4n) is 1.70. The quantitative estimate of drug-likeness (QED) is 0.827. The van der Waals surface area contributed by atoms with Gasteiger partial charge in [-0.2, -0.15) is 0 Å². The number of aliphatic carboxylic acids is 1. The molecule has 88 valence electrons. The lowest BCUT2D eigenvalue weighted by Gasteiger charge is -2.11. The van der Waals surface area contributed by atoms with E-state index in [2.05, 4.69) is 0 Å². The van der Waals surface area contributed by atoms with Gasteiger partial charge in [-0.3, -0.25) is 19.3 Å². The number of benzene rings is 1. The molecule has 0 unspecified atom stereocenters. The molecule has 1 N–H and O–H groups in total. The van der Waals surface area contributed by atoms with Crippen LogP contribution in [0.1, 0.15) is 27.1 Å². The lowest BCUT2D eigenvalue weighted by Crippen LogP contribution is -2.31. The van der Waals surface area contributed by atoms with Gasteiger partial charge in [-0.05, 0) is 12.1 Å². The molecular formula is C11H8ClNO4. The summed E-state index contributed by atoms with van der Waals surface area (Å²) in [5.41, 5.74) is 0.387. The Bertz CT molecular complexity index is 526. The van der Waals surface area contributed by atoms with Crippen LogP contribution in [0, 0.1) is 0 Å². The monoisotopic (exact) mass is 253 g/mol. The van der Waals surface area contributed by atoms with Gasteiger partial charge in [0.15, 0.2) is 0 Å². The number of nitrogens with zero attached hydrogens (tertiary/aromatic N) is 1. The normalized spacial score (nSPS) is 14.1. The van der Waals surface area contributed by atoms with Gasteiger partial charge in [0.1, 0.15) is 0 Å². The number of rotatable bonds is 3. The van der Waals surface area contributed by atoms with Crippen molar-refractivity contribution in [2.24, 2.45) is 0 Å². The van der Waals surface area contributed by atoms with E-state index < -0.39 is 17.8 Å². The highest BCUT2D eigenvalue weighted by Crippen LogP contribution is 2.28. The van der Waals surface area contributed by atoms with Gasteiger partial charge < -0.3 is 5.11 Å². The molecule has 17 heavy (non-hydrogen) atoms. The van der Waals surface area contributed by atoms with Crippen molar-refractivity contribution in [1.82, 2.24) is 4.90 Å². The zero-order valence-corrected chi connectivity index (χ0v) is 9.40. The maximum atomic E-state index is 11.9. The predicted octanol–water partition coefficient (Wildman–Crippen LogP) is 1.41. The van der Waals surface area contributed by atoms with Crippen LogP contribution in [0.3, 0.4) is 0 Å². The summed E-state index contributed by atoms with van der Waals surface area (Å²) in [4.78, 5) is 35.0. The first-order valence-corrected chi connectivity index (χ1v) is 5.26. The summed E-state index contributed by atoms with van der Waals surface area (Å²) in [6.45, 7) is -0.141. The predicted molar refractivity (Wildman–Crippen MR) is 59.1 cm³/mol. The molecule has 0 fully saturated rings. The van der Waals surface area contributed by atoms with Crippen LogP contribution in [0.25, 0.3) is 0 Å². The Balaban J connectivity index is 2.33. The van der Waals surface area contributed by atoms with E-state index in [1.807, 2.05) is 0 Å². The zero-order chi connectivity index (χ0) is 12.6. The van der Waals surface area contributed by atoms with Gasteiger partial charge in [0.25, 0.3) is 11.8 Å². The Labute approximate surface area is 102 Å². The van der Waals surface area contributed by atoms with Crippen molar-refractivity contribution in [2.75, 3.05) is 6.54 Å². The number of carboxylic acids is 1. The number of halogens is 1. The largest absolute Gasteiger partial charge is 0.481 e. The Morgan fingerprint density at radius 3 is 2.59 bits per heavy atom. The Morgan fingerprint density at radius 1 is 1.29 bits per heavy atom. The van der Waals surface area contributed by atoms with Gasteiger partial charge in [0.05, 0.1) is 22.6 Å². The second-order valence-electron chi connectivity index (χ2n) is 3.57. The van der Waals surface area contributed by atoms with Crippen molar-refractivity contribution in [1.29, 1.82) is 0 Å². The van der Waals surface area contributed by atoms with E-state index >= 15 is 0 Å². The average Bonchev–Trinajstić information content (AvgIpc) is 2.50. The molecule has 0 aromatic heterocycles. The van der Waals surface area contributed by atoms with E-state index in [1.165, 1.54) is 12.1 Å². The second-order valence-corrected chi connectivity index (χ2v) is 3.98. The Hall–Kier alpha value is -1.88. The van der Waals surface area contributed by atoms with E-state index in [0.717, 1.165) is 4.90 Å². The Morgan fingerprint density at radius 2 is 2.00 bits per heavy atom. The van der Waals surface area contributed by atoms with Crippen LogP contribution < -0.4 is 0 Å². The van der Waals surface area contributed by atoms with Crippen LogP contribution in [0.15, 0.2) is 18.2 Å². The molecule has 0 spiro atoms. The summed E-state index contributed by atoms with van der Waals surface area (Å²) in [6.07, 6.45) is -0.275. The SMILES string of the molecule is O=C(O)CCN1C(=O)c2cccc(Cl)c2C1=O. The van der Waals surface area contributed by atoms with Crippen molar-refractivity contribution in [3.05, 3.63) is 34.3 Å². The molecular weight excluding hydrogens is 246 g/mol. The molecule has 6 heteroatoms. The molecule has 0 saturated carbocycles. The van der Waals surface area contributed by atoms with Gasteiger partial charge >= 0.3 is 5.97 Å². The van der Waals surface area contributed by atoms with Crippen LogP contribution in [0.4, 0.5) is 0 Å². The minimum absolute atomic E-state index is 0.141. The van der Waals surface area contributed by atoms with E-state index in [1.54, 1.807) is 6.07 Å². The molecule has 1 heterocycles. The Kier molecular flexibility index (Phi) is 2.85. The van der Waals surface area contributed by atoms with E-state index in [0.29, 0.717) is 0 Å². The van der Waals surface area contributed by atoms with Gasteiger partial charge in [0.2, 0.25) is 0 Å². The molecule has 1 aliphatic heterocycles. The lowest BCUT2D eigenvalue weighted by molar-refractivity contribution is -0.137. The molecule has 2 rings (SSSR count). The van der Waals surface area contributed by atoms with Gasteiger partial charge in [-0.1, -0.05) is 17.7 Å². The van der Waals surface area contributed by atoms with Crippen molar-refractivity contribution < 1.29 is 19.5 Å². The maximum Gasteiger partial charge on any atom is 0.305 e. The first kappa shape index (κ1) is 11.6. The highest BCUT2D eigenvalue weighted by Gasteiger charge is 2.36. The minimum atomic E-state index is -1.06. The molecule has 1 aliphatic rings. The topological polar surface area (TPSA) is 74.7 Å². The summed E-state index contributed by atoms with van der Waals surface area (Å²) in [7, 11) is 0. The van der Waals surface area contributed by atoms with Crippen molar-refractivity contribution in [3.63, 3.8) is 0 Å². The summed E-state index contributed by atoms with van der Waals surface area (Å²) in [5.74, 6) is -2.08. The van der Waals surface area contributed by atoms with Crippen LogP contribution in [0.2, 0.25) is 5.02 Å². The summed E-state index contributed by atoms with van der Waals surface area (Å²) in [5, 5.41) is 8.75. The number of carbonyl (C=O) groups excluding carboxylic acids is 2. The highest BCUT2D eigenvalue weighted by molar-refractivity contribution is 6.37. The highest BCUT2D eigenvalue weighted by atomic mass is 35.5. The van der Waals surface area contributed by atoms with Gasteiger partial charge in [-0.15, -0.1) is 0 Å². The fraction of sp³-hybridized carbons (Fsp3) is 0.182. The molecule has 0 atom stereocenters. The number of hydrogen-bond acceptors (Lipinski definition) is 3. The van der Waals surface area contributed by atoms with Crippen LogP contribution in [-0.4, -0.2) is 34.3 Å². The summed E-state index contributed by atoms with van der Waals surface area (Å²) in [6, 6.07) is 4.60. The van der Waals surface area contributed by atoms with Crippen molar-refractivity contribution in [2.45, 2.75) is 6.42 Å². The number of imide groups is 1. The molecule has 5 nitrogen and oxygen atoms in total. The molecule has 1 aromatic carbocycles. The molecule has 0 bridgehead atoms. The van der Waals surface area contributed by atoms with Crippen molar-refractivity contribution >= 4 is 29.4 Å². The smallest absolute Gasteiger partial charge is 0.305 e. The standard InChI is InChI=1S/C11H8ClNO4/c12-7-3-1-2-6-9(7)11(17)13(10(6)16)5-4-8(14)15/h1-3H,4-5H2,(H,14,15). The summed E-state index contributed by atoms with van der Waals surface area (Å²) >= 11 is 5.84. The van der Waals surface area contributed by atoms with Crippen molar-refractivity contribution in [3.8, 4) is 0 Å². The van der Waals surface area contributed by atoms with Gasteiger partial charge in [-0.25, -0.2) is 0 Å². The summed E-state index contributed by atoms with van der Waals surface area (Å²) < 4.78 is 0. The van der Waals surface area contributed by atoms with Crippen LogP contribution in [0.5, 0.6) is 0 Å². The lowest BCUT2D eigenvalue weighted by atomic mass is 10.1. The third-order valence-electron chi connectivity index (χ3n) is 2.50. The van der Waals surface area contributed by atoms with Crippen LogP contribution >= 0.6 is 11.6 Å². The van der Waals surface area contributed by atoms with E-state index in [9.17, 15) is 14.4 Å². The first-order valence-electron chi connectivity index (χ1n) is 4.89. The van der Waals surface area contributed by atoms with Gasteiger partial charge in [0, 0.05) is 6.54 Å². The zero-order valence-electron chi connectivity index (χ0n) is 8.64. The second kappa shape index (κ2) is 4.18. The molecule has 1 aromatic rings. The van der Waals surface area contributed by atoms with E-state index in [4.69, 9.17) is 16.7 Å². The van der Waals surface area contributed by atoms with E-state index in [-0.39, 0.29) is 29.1 Å². The molecule has 2 amide bonds. The molecule has 0 saturated heterocycles.